The Bertz CT molecular complexity index is 640. The van der Waals surface area contributed by atoms with Gasteiger partial charge in [-0.25, -0.2) is 0 Å². The number of ether oxygens (including phenoxy) is 1. The predicted molar refractivity (Wildman–Crippen MR) is 83.4 cm³/mol. The number of allylic oxidation sites excluding steroid dienone is 2. The summed E-state index contributed by atoms with van der Waals surface area (Å²) >= 11 is 0.279. The summed E-state index contributed by atoms with van der Waals surface area (Å²) in [6, 6.07) is 0. The van der Waals surface area contributed by atoms with Crippen molar-refractivity contribution in [3.8, 4) is 5.19 Å². The summed E-state index contributed by atoms with van der Waals surface area (Å²) in [6.07, 6.45) is -1.70. The average Bonchev–Trinajstić information content (AvgIpc) is 3.03. The number of rotatable bonds is 5. The number of carbonyl (C=O) groups excluding carboxylic acids is 1. The molecule has 1 aromatic rings. The number of alkyl halides is 3. The van der Waals surface area contributed by atoms with Gasteiger partial charge < -0.3 is 9.64 Å². The minimum Gasteiger partial charge on any atom is -0.459 e. The molecule has 0 aromatic carbocycles. The summed E-state index contributed by atoms with van der Waals surface area (Å²) < 4.78 is 42.5. The summed E-state index contributed by atoms with van der Waals surface area (Å²) in [6.45, 7) is 8.30. The Morgan fingerprint density at radius 3 is 2.58 bits per heavy atom. The monoisotopic (exact) mass is 363 g/mol. The molecule has 0 N–H and O–H groups in total. The molecule has 134 valence electrons. The van der Waals surface area contributed by atoms with Crippen molar-refractivity contribution in [1.29, 1.82) is 0 Å². The van der Waals surface area contributed by atoms with Gasteiger partial charge in [-0.3, -0.25) is 4.79 Å². The number of aromatic nitrogens is 2. The third kappa shape index (κ3) is 4.06. The quantitative estimate of drug-likeness (QED) is 0.800. The molecule has 1 atom stereocenters. The zero-order valence-electron chi connectivity index (χ0n) is 14.0. The highest BCUT2D eigenvalue weighted by atomic mass is 32.1. The number of nitrogens with zero attached hydrogens (tertiary/aromatic N) is 3. The molecular weight excluding hydrogens is 343 g/mol. The lowest BCUT2D eigenvalue weighted by atomic mass is 9.84. The molecule has 1 aliphatic rings. The van der Waals surface area contributed by atoms with Crippen molar-refractivity contribution >= 4 is 17.2 Å². The van der Waals surface area contributed by atoms with Gasteiger partial charge in [0.2, 0.25) is 5.01 Å². The van der Waals surface area contributed by atoms with E-state index in [0.717, 1.165) is 12.1 Å². The van der Waals surface area contributed by atoms with E-state index in [1.165, 1.54) is 0 Å². The van der Waals surface area contributed by atoms with Gasteiger partial charge in [0, 0.05) is 12.2 Å². The van der Waals surface area contributed by atoms with Crippen LogP contribution in [0.5, 0.6) is 5.19 Å². The van der Waals surface area contributed by atoms with Crippen LogP contribution in [0.25, 0.3) is 0 Å². The van der Waals surface area contributed by atoms with Crippen molar-refractivity contribution in [2.24, 2.45) is 11.3 Å². The van der Waals surface area contributed by atoms with E-state index < -0.39 is 11.2 Å². The first-order valence-corrected chi connectivity index (χ1v) is 8.42. The van der Waals surface area contributed by atoms with Crippen LogP contribution >= 0.6 is 11.3 Å². The summed E-state index contributed by atoms with van der Waals surface area (Å²) in [5, 5.41) is 4.98. The Kier molecular flexibility index (Phi) is 5.22. The van der Waals surface area contributed by atoms with Gasteiger partial charge in [-0.1, -0.05) is 43.3 Å². The molecule has 0 saturated carbocycles. The topological polar surface area (TPSA) is 55.3 Å². The molecule has 1 aromatic heterocycles. The second kappa shape index (κ2) is 6.70. The Morgan fingerprint density at radius 2 is 2.12 bits per heavy atom. The fourth-order valence-corrected chi connectivity index (χ4v) is 3.08. The van der Waals surface area contributed by atoms with E-state index >= 15 is 0 Å². The van der Waals surface area contributed by atoms with Gasteiger partial charge in [0.15, 0.2) is 6.61 Å². The second-order valence-corrected chi connectivity index (χ2v) is 7.30. The van der Waals surface area contributed by atoms with E-state index in [2.05, 4.69) is 37.0 Å². The third-order valence-electron chi connectivity index (χ3n) is 4.26. The summed E-state index contributed by atoms with van der Waals surface area (Å²) in [5.41, 5.74) is 0.932. The maximum Gasteiger partial charge on any atom is 0.445 e. The van der Waals surface area contributed by atoms with Gasteiger partial charge in [0.25, 0.3) is 11.1 Å². The Labute approximate surface area is 142 Å². The van der Waals surface area contributed by atoms with Crippen LogP contribution < -0.4 is 4.74 Å². The molecular formula is C15H20F3N3O2S. The van der Waals surface area contributed by atoms with Crippen molar-refractivity contribution < 1.29 is 22.7 Å². The van der Waals surface area contributed by atoms with Crippen molar-refractivity contribution in [2.45, 2.75) is 40.3 Å². The second-order valence-electron chi connectivity index (χ2n) is 6.36. The van der Waals surface area contributed by atoms with E-state index in [-0.39, 0.29) is 34.5 Å². The zero-order valence-corrected chi connectivity index (χ0v) is 14.8. The molecule has 0 radical (unpaired) electrons. The van der Waals surface area contributed by atoms with Gasteiger partial charge >= 0.3 is 6.18 Å². The molecule has 5 nitrogen and oxygen atoms in total. The van der Waals surface area contributed by atoms with Crippen LogP contribution in [0.15, 0.2) is 11.8 Å². The van der Waals surface area contributed by atoms with Gasteiger partial charge in [0.05, 0.1) is 0 Å². The highest BCUT2D eigenvalue weighted by molar-refractivity contribution is 7.13. The van der Waals surface area contributed by atoms with Crippen molar-refractivity contribution in [2.75, 3.05) is 13.2 Å². The van der Waals surface area contributed by atoms with E-state index in [1.807, 2.05) is 6.92 Å². The zero-order chi connectivity index (χ0) is 18.1. The molecule has 24 heavy (non-hydrogen) atoms. The van der Waals surface area contributed by atoms with Crippen LogP contribution in [-0.2, 0) is 11.0 Å². The molecule has 1 amide bonds. The lowest BCUT2D eigenvalue weighted by Gasteiger charge is -2.22. The fourth-order valence-electron chi connectivity index (χ4n) is 2.52. The standard InChI is InChI=1S/C15H20F3N3O2S/c1-5-21(10-6-9(2)14(3,4)7-10)11(22)8-23-13-20-19-12(24-13)15(16,17)18/h7,9H,5-6,8H2,1-4H3. The van der Waals surface area contributed by atoms with Crippen molar-refractivity contribution in [1.82, 2.24) is 15.1 Å². The molecule has 1 unspecified atom stereocenters. The molecule has 0 bridgehead atoms. The number of hydrogen-bond acceptors (Lipinski definition) is 5. The number of likely N-dealkylation sites (N-methyl/N-ethyl adjacent to an activating group) is 1. The van der Waals surface area contributed by atoms with Crippen LogP contribution in [0.2, 0.25) is 0 Å². The average molecular weight is 363 g/mol. The Hall–Kier alpha value is -1.64. The van der Waals surface area contributed by atoms with Crippen LogP contribution in [0.4, 0.5) is 13.2 Å². The normalized spacial score (nSPS) is 20.0. The summed E-state index contributed by atoms with van der Waals surface area (Å²) in [5.74, 6) is 0.102. The first-order chi connectivity index (χ1) is 11.0. The van der Waals surface area contributed by atoms with Gasteiger partial charge in [-0.15, -0.1) is 5.10 Å². The number of halogens is 3. The first-order valence-electron chi connectivity index (χ1n) is 7.60. The highest BCUT2D eigenvalue weighted by Crippen LogP contribution is 2.41. The predicted octanol–water partition coefficient (Wildman–Crippen LogP) is 3.73. The lowest BCUT2D eigenvalue weighted by Crippen LogP contribution is -2.33. The largest absolute Gasteiger partial charge is 0.459 e. The van der Waals surface area contributed by atoms with E-state index in [1.54, 1.807) is 4.90 Å². The molecule has 1 heterocycles. The molecule has 0 fully saturated rings. The maximum absolute atomic E-state index is 12.5. The maximum atomic E-state index is 12.5. The van der Waals surface area contributed by atoms with E-state index in [4.69, 9.17) is 4.74 Å². The molecule has 2 rings (SSSR count). The van der Waals surface area contributed by atoms with E-state index in [9.17, 15) is 18.0 Å². The first kappa shape index (κ1) is 18.7. The lowest BCUT2D eigenvalue weighted by molar-refractivity contribution is -0.138. The Morgan fingerprint density at radius 1 is 1.46 bits per heavy atom. The van der Waals surface area contributed by atoms with Gasteiger partial charge in [-0.05, 0) is 24.7 Å². The third-order valence-corrected chi connectivity index (χ3v) is 5.14. The van der Waals surface area contributed by atoms with Gasteiger partial charge in [-0.2, -0.15) is 13.2 Å². The van der Waals surface area contributed by atoms with Crippen LogP contribution in [0.3, 0.4) is 0 Å². The fraction of sp³-hybridized carbons (Fsp3) is 0.667. The number of amides is 1. The van der Waals surface area contributed by atoms with Crippen molar-refractivity contribution in [3.63, 3.8) is 0 Å². The van der Waals surface area contributed by atoms with Crippen LogP contribution in [-0.4, -0.2) is 34.2 Å². The highest BCUT2D eigenvalue weighted by Gasteiger charge is 2.36. The minimum absolute atomic E-state index is 0.00469. The minimum atomic E-state index is -4.56. The molecule has 0 saturated heterocycles. The van der Waals surface area contributed by atoms with Gasteiger partial charge in [0.1, 0.15) is 0 Å². The van der Waals surface area contributed by atoms with Crippen LogP contribution in [0.1, 0.15) is 39.1 Å². The summed E-state index contributed by atoms with van der Waals surface area (Å²) in [7, 11) is 0. The molecule has 0 spiro atoms. The van der Waals surface area contributed by atoms with Crippen LogP contribution in [0, 0.1) is 11.3 Å². The molecule has 0 aliphatic heterocycles. The SMILES string of the molecule is CCN(C(=O)COc1nnc(C(F)(F)F)s1)C1=CC(C)(C)C(C)C1. The Balaban J connectivity index is 2.00. The number of carbonyl (C=O) groups is 1. The number of hydrogen-bond donors (Lipinski definition) is 0. The van der Waals surface area contributed by atoms with E-state index in [0.29, 0.717) is 12.5 Å². The molecule has 1 aliphatic carbocycles. The summed E-state index contributed by atoms with van der Waals surface area (Å²) in [4.78, 5) is 14.0. The molecule has 9 heteroatoms. The smallest absolute Gasteiger partial charge is 0.445 e. The van der Waals surface area contributed by atoms with Crippen molar-refractivity contribution in [3.05, 3.63) is 16.8 Å².